The van der Waals surface area contributed by atoms with Crippen LogP contribution in [-0.4, -0.2) is 17.2 Å². The molecule has 0 aliphatic carbocycles. The topological polar surface area (TPSA) is 58.2 Å². The lowest BCUT2D eigenvalue weighted by Gasteiger charge is -2.12. The van der Waals surface area contributed by atoms with Crippen molar-refractivity contribution in [2.75, 3.05) is 5.32 Å². The second-order valence-corrected chi connectivity index (χ2v) is 5.47. The van der Waals surface area contributed by atoms with Crippen LogP contribution < -0.4 is 10.6 Å². The standard InChI is InChI=1S/C17H17ClN2O2/c1-12(18)16(21)20-15-10-6-5-9-14(15)17(22)19-11-13-7-3-2-4-8-13/h2-10,12H,11H2,1H3,(H,19,22)(H,20,21)/t12-/m1/s1. The fraction of sp³-hybridized carbons (Fsp3) is 0.176. The van der Waals surface area contributed by atoms with Crippen LogP contribution in [0, 0.1) is 0 Å². The van der Waals surface area contributed by atoms with Gasteiger partial charge in [0.25, 0.3) is 5.91 Å². The largest absolute Gasteiger partial charge is 0.348 e. The highest BCUT2D eigenvalue weighted by molar-refractivity contribution is 6.32. The Morgan fingerprint density at radius 3 is 2.36 bits per heavy atom. The van der Waals surface area contributed by atoms with Crippen molar-refractivity contribution in [2.45, 2.75) is 18.8 Å². The summed E-state index contributed by atoms with van der Waals surface area (Å²) in [7, 11) is 0. The van der Waals surface area contributed by atoms with Crippen LogP contribution in [0.25, 0.3) is 0 Å². The van der Waals surface area contributed by atoms with E-state index in [9.17, 15) is 9.59 Å². The first-order valence-electron chi connectivity index (χ1n) is 6.94. The Labute approximate surface area is 134 Å². The van der Waals surface area contributed by atoms with E-state index >= 15 is 0 Å². The number of amides is 2. The Bertz CT molecular complexity index is 657. The summed E-state index contributed by atoms with van der Waals surface area (Å²) in [6.45, 7) is 2.00. The van der Waals surface area contributed by atoms with Crippen molar-refractivity contribution in [3.8, 4) is 0 Å². The Hall–Kier alpha value is -2.33. The van der Waals surface area contributed by atoms with Crippen molar-refractivity contribution >= 4 is 29.1 Å². The maximum Gasteiger partial charge on any atom is 0.253 e. The summed E-state index contributed by atoms with van der Waals surface area (Å²) in [4.78, 5) is 24.0. The van der Waals surface area contributed by atoms with Gasteiger partial charge in [0.05, 0.1) is 11.3 Å². The maximum atomic E-state index is 12.3. The number of para-hydroxylation sites is 1. The number of rotatable bonds is 5. The normalized spacial score (nSPS) is 11.5. The average molecular weight is 317 g/mol. The van der Waals surface area contributed by atoms with Gasteiger partial charge >= 0.3 is 0 Å². The lowest BCUT2D eigenvalue weighted by Crippen LogP contribution is -2.26. The molecule has 0 unspecified atom stereocenters. The van der Waals surface area contributed by atoms with Crippen molar-refractivity contribution in [3.63, 3.8) is 0 Å². The van der Waals surface area contributed by atoms with Crippen molar-refractivity contribution in [1.29, 1.82) is 0 Å². The van der Waals surface area contributed by atoms with Crippen LogP contribution in [0.2, 0.25) is 0 Å². The number of carbonyl (C=O) groups is 2. The fourth-order valence-electron chi connectivity index (χ4n) is 1.90. The lowest BCUT2D eigenvalue weighted by molar-refractivity contribution is -0.115. The van der Waals surface area contributed by atoms with Gasteiger partial charge in [0, 0.05) is 6.54 Å². The van der Waals surface area contributed by atoms with Gasteiger partial charge in [0.15, 0.2) is 0 Å². The number of nitrogens with one attached hydrogen (secondary N) is 2. The first kappa shape index (κ1) is 16.0. The van der Waals surface area contributed by atoms with Gasteiger partial charge in [0.1, 0.15) is 5.38 Å². The summed E-state index contributed by atoms with van der Waals surface area (Å²) in [5.41, 5.74) is 1.86. The molecule has 2 aromatic rings. The van der Waals surface area contributed by atoms with E-state index in [0.717, 1.165) is 5.56 Å². The molecular formula is C17H17ClN2O2. The van der Waals surface area contributed by atoms with E-state index < -0.39 is 5.38 Å². The highest BCUT2D eigenvalue weighted by Crippen LogP contribution is 2.16. The summed E-state index contributed by atoms with van der Waals surface area (Å²) >= 11 is 5.74. The zero-order valence-electron chi connectivity index (χ0n) is 12.2. The van der Waals surface area contributed by atoms with Crippen molar-refractivity contribution in [3.05, 3.63) is 65.7 Å². The van der Waals surface area contributed by atoms with Gasteiger partial charge in [-0.1, -0.05) is 42.5 Å². The molecule has 0 aliphatic rings. The molecule has 0 radical (unpaired) electrons. The van der Waals surface area contributed by atoms with E-state index in [1.165, 1.54) is 0 Å². The molecule has 2 N–H and O–H groups in total. The summed E-state index contributed by atoms with van der Waals surface area (Å²) < 4.78 is 0. The molecule has 0 aliphatic heterocycles. The highest BCUT2D eigenvalue weighted by Gasteiger charge is 2.15. The number of hydrogen-bond acceptors (Lipinski definition) is 2. The van der Waals surface area contributed by atoms with Crippen LogP contribution in [0.4, 0.5) is 5.69 Å². The summed E-state index contributed by atoms with van der Waals surface area (Å²) in [5.74, 6) is -0.591. The van der Waals surface area contributed by atoms with E-state index in [1.54, 1.807) is 31.2 Å². The zero-order chi connectivity index (χ0) is 15.9. The third-order valence-corrected chi connectivity index (χ3v) is 3.28. The van der Waals surface area contributed by atoms with E-state index in [1.807, 2.05) is 30.3 Å². The van der Waals surface area contributed by atoms with Crippen LogP contribution in [-0.2, 0) is 11.3 Å². The van der Waals surface area contributed by atoms with Gasteiger partial charge in [-0.25, -0.2) is 0 Å². The molecule has 0 spiro atoms. The second kappa shape index (κ2) is 7.61. The molecule has 114 valence electrons. The van der Waals surface area contributed by atoms with Gasteiger partial charge in [-0.05, 0) is 24.6 Å². The Morgan fingerprint density at radius 1 is 1.05 bits per heavy atom. The van der Waals surface area contributed by atoms with Crippen LogP contribution in [0.5, 0.6) is 0 Å². The first-order valence-corrected chi connectivity index (χ1v) is 7.37. The predicted octanol–water partition coefficient (Wildman–Crippen LogP) is 3.18. The molecule has 22 heavy (non-hydrogen) atoms. The summed E-state index contributed by atoms with van der Waals surface area (Å²) in [6.07, 6.45) is 0. The Balaban J connectivity index is 2.07. The van der Waals surface area contributed by atoms with Crippen molar-refractivity contribution in [1.82, 2.24) is 5.32 Å². The third kappa shape index (κ3) is 4.33. The predicted molar refractivity (Wildman–Crippen MR) is 88.0 cm³/mol. The van der Waals surface area contributed by atoms with Crippen molar-refractivity contribution < 1.29 is 9.59 Å². The number of carbonyl (C=O) groups excluding carboxylic acids is 2. The molecule has 2 amide bonds. The minimum absolute atomic E-state index is 0.248. The number of alkyl halides is 1. The molecule has 1 atom stereocenters. The van der Waals surface area contributed by atoms with Gasteiger partial charge in [-0.15, -0.1) is 11.6 Å². The number of hydrogen-bond donors (Lipinski definition) is 2. The number of benzene rings is 2. The molecule has 5 heteroatoms. The molecule has 0 saturated carbocycles. The van der Waals surface area contributed by atoms with Gasteiger partial charge in [-0.3, -0.25) is 9.59 Å². The van der Waals surface area contributed by atoms with Crippen LogP contribution in [0.15, 0.2) is 54.6 Å². The van der Waals surface area contributed by atoms with Crippen LogP contribution >= 0.6 is 11.6 Å². The van der Waals surface area contributed by atoms with Gasteiger partial charge in [0.2, 0.25) is 5.91 Å². The van der Waals surface area contributed by atoms with Gasteiger partial charge in [-0.2, -0.15) is 0 Å². The molecule has 2 aromatic carbocycles. The lowest BCUT2D eigenvalue weighted by atomic mass is 10.1. The Morgan fingerprint density at radius 2 is 1.68 bits per heavy atom. The van der Waals surface area contributed by atoms with E-state index in [2.05, 4.69) is 10.6 Å². The minimum Gasteiger partial charge on any atom is -0.348 e. The summed E-state index contributed by atoms with van der Waals surface area (Å²) in [6, 6.07) is 16.5. The molecule has 0 saturated heterocycles. The quantitative estimate of drug-likeness (QED) is 0.832. The first-order chi connectivity index (χ1) is 10.6. The van der Waals surface area contributed by atoms with E-state index in [4.69, 9.17) is 11.6 Å². The Kier molecular flexibility index (Phi) is 5.55. The van der Waals surface area contributed by atoms with Gasteiger partial charge < -0.3 is 10.6 Å². The number of halogens is 1. The van der Waals surface area contributed by atoms with E-state index in [-0.39, 0.29) is 11.8 Å². The molecule has 4 nitrogen and oxygen atoms in total. The maximum absolute atomic E-state index is 12.3. The summed E-state index contributed by atoms with van der Waals surface area (Å²) in [5, 5.41) is 4.83. The molecule has 0 fully saturated rings. The molecular weight excluding hydrogens is 300 g/mol. The molecule has 0 heterocycles. The fourth-order valence-corrected chi connectivity index (χ4v) is 1.95. The highest BCUT2D eigenvalue weighted by atomic mass is 35.5. The third-order valence-electron chi connectivity index (χ3n) is 3.09. The second-order valence-electron chi connectivity index (χ2n) is 4.82. The monoisotopic (exact) mass is 316 g/mol. The molecule has 2 rings (SSSR count). The molecule has 0 bridgehead atoms. The molecule has 0 aromatic heterocycles. The van der Waals surface area contributed by atoms with Crippen LogP contribution in [0.1, 0.15) is 22.8 Å². The SMILES string of the molecule is C[C@@H](Cl)C(=O)Nc1ccccc1C(=O)NCc1ccccc1. The van der Waals surface area contributed by atoms with Crippen LogP contribution in [0.3, 0.4) is 0 Å². The average Bonchev–Trinajstić information content (AvgIpc) is 2.54. The zero-order valence-corrected chi connectivity index (χ0v) is 12.9. The smallest absolute Gasteiger partial charge is 0.253 e. The minimum atomic E-state index is -0.666. The van der Waals surface area contributed by atoms with E-state index in [0.29, 0.717) is 17.8 Å². The van der Waals surface area contributed by atoms with Crippen molar-refractivity contribution in [2.24, 2.45) is 0 Å². The number of anilines is 1.